The SMILES string of the molecule is CC(O)c1cnc2n1C1(CC1)C(=O)N2c1c(F)cc(NC(=O)c2ccccn2)cc1F. The highest BCUT2D eigenvalue weighted by molar-refractivity contribution is 6.09. The third-order valence-electron chi connectivity index (χ3n) is 5.55. The summed E-state index contributed by atoms with van der Waals surface area (Å²) in [7, 11) is 0. The lowest BCUT2D eigenvalue weighted by molar-refractivity contribution is -0.121. The van der Waals surface area contributed by atoms with Gasteiger partial charge in [-0.2, -0.15) is 0 Å². The number of hydrogen-bond donors (Lipinski definition) is 2. The highest BCUT2D eigenvalue weighted by Crippen LogP contribution is 2.55. The molecule has 1 atom stereocenters. The molecule has 5 rings (SSSR count). The summed E-state index contributed by atoms with van der Waals surface area (Å²) in [6.45, 7) is 1.54. The fourth-order valence-electron chi connectivity index (χ4n) is 3.94. The number of pyridine rings is 1. The summed E-state index contributed by atoms with van der Waals surface area (Å²) < 4.78 is 31.6. The van der Waals surface area contributed by atoms with Crippen molar-refractivity contribution in [2.24, 2.45) is 0 Å². The Morgan fingerprint density at radius 3 is 2.52 bits per heavy atom. The second-order valence-electron chi connectivity index (χ2n) is 7.62. The molecule has 2 amide bonds. The van der Waals surface area contributed by atoms with Gasteiger partial charge in [0.1, 0.15) is 16.9 Å². The summed E-state index contributed by atoms with van der Waals surface area (Å²) in [5, 5.41) is 12.4. The fraction of sp³-hybridized carbons (Fsp3) is 0.238. The average molecular weight is 425 g/mol. The summed E-state index contributed by atoms with van der Waals surface area (Å²) in [6, 6.07) is 6.59. The number of benzene rings is 1. The molecule has 2 N–H and O–H groups in total. The van der Waals surface area contributed by atoms with E-state index in [0.717, 1.165) is 17.0 Å². The first-order valence-corrected chi connectivity index (χ1v) is 9.65. The van der Waals surface area contributed by atoms with Crippen molar-refractivity contribution < 1.29 is 23.5 Å². The van der Waals surface area contributed by atoms with Crippen molar-refractivity contribution in [2.45, 2.75) is 31.4 Å². The maximum Gasteiger partial charge on any atom is 0.274 e. The number of imidazole rings is 1. The minimum atomic E-state index is -1.03. The van der Waals surface area contributed by atoms with Crippen LogP contribution in [0.4, 0.5) is 26.1 Å². The minimum absolute atomic E-state index is 0.0569. The first-order valence-electron chi connectivity index (χ1n) is 9.65. The van der Waals surface area contributed by atoms with Crippen molar-refractivity contribution >= 4 is 29.1 Å². The third kappa shape index (κ3) is 2.82. The number of hydrogen-bond acceptors (Lipinski definition) is 5. The molecule has 1 fully saturated rings. The molecule has 1 aliphatic heterocycles. The number of carbonyl (C=O) groups excluding carboxylic acids is 2. The van der Waals surface area contributed by atoms with Gasteiger partial charge in [0, 0.05) is 11.9 Å². The summed E-state index contributed by atoms with van der Waals surface area (Å²) in [5.41, 5.74) is -1.17. The van der Waals surface area contributed by atoms with Crippen LogP contribution < -0.4 is 10.2 Å². The molecule has 1 aromatic carbocycles. The molecule has 1 aliphatic carbocycles. The second kappa shape index (κ2) is 6.67. The zero-order valence-corrected chi connectivity index (χ0v) is 16.3. The number of carbonyl (C=O) groups is 2. The third-order valence-corrected chi connectivity index (χ3v) is 5.55. The Hall–Kier alpha value is -3.66. The van der Waals surface area contributed by atoms with Crippen LogP contribution in [0.25, 0.3) is 0 Å². The standard InChI is InChI=1S/C21H17F2N5O3/c1-11(29)16-10-25-20-27(19(31)21(5-6-21)28(16)20)17-13(22)8-12(9-14(17)23)26-18(30)15-4-2-3-7-24-15/h2-4,7-11,29H,5-6H2,1H3,(H,26,30). The second-order valence-corrected chi connectivity index (χ2v) is 7.62. The fourth-order valence-corrected chi connectivity index (χ4v) is 3.94. The first-order chi connectivity index (χ1) is 14.8. The summed E-state index contributed by atoms with van der Waals surface area (Å²) >= 11 is 0. The van der Waals surface area contributed by atoms with Gasteiger partial charge in [-0.25, -0.2) is 18.7 Å². The summed E-state index contributed by atoms with van der Waals surface area (Å²) in [6.07, 6.45) is 2.91. The Labute approximate surface area is 175 Å². The normalized spacial score (nSPS) is 17.0. The number of nitrogens with one attached hydrogen (secondary N) is 1. The monoisotopic (exact) mass is 425 g/mol. The molecule has 0 bridgehead atoms. The van der Waals surface area contributed by atoms with Crippen LogP contribution in [0.3, 0.4) is 0 Å². The Kier molecular flexibility index (Phi) is 4.16. The molecule has 1 unspecified atom stereocenters. The Morgan fingerprint density at radius 1 is 1.23 bits per heavy atom. The van der Waals surface area contributed by atoms with Gasteiger partial charge in [-0.15, -0.1) is 0 Å². The van der Waals surface area contributed by atoms with Crippen LogP contribution in [0.15, 0.2) is 42.7 Å². The maximum absolute atomic E-state index is 15.0. The zero-order valence-electron chi connectivity index (χ0n) is 16.3. The van der Waals surface area contributed by atoms with Crippen LogP contribution in [0, 0.1) is 11.6 Å². The number of amides is 2. The molecule has 2 aliphatic rings. The molecule has 2 aromatic heterocycles. The summed E-state index contributed by atoms with van der Waals surface area (Å²) in [5.74, 6) is -3.13. The Balaban J connectivity index is 1.52. The molecular formula is C21H17F2N5O3. The van der Waals surface area contributed by atoms with Gasteiger partial charge in [0.15, 0.2) is 11.6 Å². The molecule has 0 radical (unpaired) electrons. The van der Waals surface area contributed by atoms with Gasteiger partial charge >= 0.3 is 0 Å². The van der Waals surface area contributed by atoms with E-state index in [0.29, 0.717) is 18.5 Å². The van der Waals surface area contributed by atoms with Crippen LogP contribution in [0.1, 0.15) is 42.1 Å². The van der Waals surface area contributed by atoms with Gasteiger partial charge < -0.3 is 10.4 Å². The highest BCUT2D eigenvalue weighted by Gasteiger charge is 2.62. The molecule has 1 saturated carbocycles. The van der Waals surface area contributed by atoms with Crippen molar-refractivity contribution in [3.05, 3.63) is 65.7 Å². The zero-order chi connectivity index (χ0) is 21.9. The smallest absolute Gasteiger partial charge is 0.274 e. The molecule has 31 heavy (non-hydrogen) atoms. The van der Waals surface area contributed by atoms with E-state index in [1.807, 2.05) is 0 Å². The van der Waals surface area contributed by atoms with Crippen LogP contribution in [0.5, 0.6) is 0 Å². The average Bonchev–Trinajstić information content (AvgIpc) is 3.36. The van der Waals surface area contributed by atoms with Gasteiger partial charge in [-0.3, -0.25) is 19.1 Å². The Bertz CT molecular complexity index is 1200. The van der Waals surface area contributed by atoms with E-state index in [4.69, 9.17) is 0 Å². The molecule has 8 nitrogen and oxygen atoms in total. The van der Waals surface area contributed by atoms with E-state index in [1.165, 1.54) is 25.4 Å². The van der Waals surface area contributed by atoms with Crippen LogP contribution >= 0.6 is 0 Å². The molecule has 10 heteroatoms. The van der Waals surface area contributed by atoms with E-state index in [2.05, 4.69) is 15.3 Å². The molecular weight excluding hydrogens is 408 g/mol. The number of anilines is 3. The van der Waals surface area contributed by atoms with E-state index in [-0.39, 0.29) is 17.3 Å². The molecule has 3 aromatic rings. The van der Waals surface area contributed by atoms with E-state index in [1.54, 1.807) is 16.7 Å². The van der Waals surface area contributed by atoms with Crippen molar-refractivity contribution in [1.82, 2.24) is 14.5 Å². The van der Waals surface area contributed by atoms with Gasteiger partial charge in [-0.05, 0) is 44.0 Å². The first kappa shape index (κ1) is 19.3. The predicted octanol–water partition coefficient (Wildman–Crippen LogP) is 3.03. The van der Waals surface area contributed by atoms with E-state index < -0.39 is 40.8 Å². The largest absolute Gasteiger partial charge is 0.387 e. The number of aromatic nitrogens is 3. The van der Waals surface area contributed by atoms with E-state index in [9.17, 15) is 14.7 Å². The number of aliphatic hydroxyl groups excluding tert-OH is 1. The predicted molar refractivity (Wildman–Crippen MR) is 106 cm³/mol. The number of nitrogens with zero attached hydrogens (tertiary/aromatic N) is 4. The maximum atomic E-state index is 15.0. The molecule has 1 spiro atoms. The van der Waals surface area contributed by atoms with Crippen molar-refractivity contribution in [2.75, 3.05) is 10.2 Å². The van der Waals surface area contributed by atoms with Crippen molar-refractivity contribution in [1.29, 1.82) is 0 Å². The van der Waals surface area contributed by atoms with Gasteiger partial charge in [0.05, 0.1) is 18.0 Å². The highest BCUT2D eigenvalue weighted by atomic mass is 19.1. The van der Waals surface area contributed by atoms with Crippen LogP contribution in [-0.2, 0) is 10.3 Å². The summed E-state index contributed by atoms with van der Waals surface area (Å²) in [4.78, 5) is 34.3. The van der Waals surface area contributed by atoms with Crippen LogP contribution in [0.2, 0.25) is 0 Å². The van der Waals surface area contributed by atoms with Gasteiger partial charge in [-0.1, -0.05) is 6.07 Å². The lowest BCUT2D eigenvalue weighted by Gasteiger charge is -2.18. The van der Waals surface area contributed by atoms with Gasteiger partial charge in [0.25, 0.3) is 11.8 Å². The van der Waals surface area contributed by atoms with E-state index >= 15 is 8.78 Å². The van der Waals surface area contributed by atoms with Crippen molar-refractivity contribution in [3.63, 3.8) is 0 Å². The number of fused-ring (bicyclic) bond motifs is 2. The number of aliphatic hydroxyl groups is 1. The molecule has 0 saturated heterocycles. The van der Waals surface area contributed by atoms with Gasteiger partial charge in [0.2, 0.25) is 5.95 Å². The van der Waals surface area contributed by atoms with Crippen LogP contribution in [-0.4, -0.2) is 31.5 Å². The lowest BCUT2D eigenvalue weighted by atomic mass is 10.2. The minimum Gasteiger partial charge on any atom is -0.387 e. The number of rotatable bonds is 4. The lowest BCUT2D eigenvalue weighted by Crippen LogP contribution is -2.32. The number of halogens is 2. The topological polar surface area (TPSA) is 100 Å². The van der Waals surface area contributed by atoms with Crippen molar-refractivity contribution in [3.8, 4) is 0 Å². The molecule has 3 heterocycles. The quantitative estimate of drug-likeness (QED) is 0.669. The molecule has 158 valence electrons. The Morgan fingerprint density at radius 2 is 1.94 bits per heavy atom.